The van der Waals surface area contributed by atoms with E-state index in [1.807, 2.05) is 0 Å². The topological polar surface area (TPSA) is 12.0 Å². The second-order valence-electron chi connectivity index (χ2n) is 3.86. The molecule has 0 saturated heterocycles. The van der Waals surface area contributed by atoms with Crippen LogP contribution in [-0.4, -0.2) is 25.4 Å². The van der Waals surface area contributed by atoms with Crippen molar-refractivity contribution in [1.82, 2.24) is 5.32 Å². The van der Waals surface area contributed by atoms with Gasteiger partial charge in [0, 0.05) is 12.5 Å². The van der Waals surface area contributed by atoms with Crippen LogP contribution in [0.1, 0.15) is 25.7 Å². The molecule has 2 atom stereocenters. The molecule has 0 bridgehead atoms. The van der Waals surface area contributed by atoms with E-state index in [4.69, 9.17) is 0 Å². The van der Waals surface area contributed by atoms with E-state index in [-0.39, 0.29) is 13.0 Å². The Morgan fingerprint density at radius 1 is 1.36 bits per heavy atom. The second kappa shape index (κ2) is 4.04. The Bertz CT molecular complexity index is 190. The molecule has 1 rings (SSSR count). The molecule has 0 aromatic carbocycles. The summed E-state index contributed by atoms with van der Waals surface area (Å²) in [6, 6.07) is 0. The predicted molar refractivity (Wildman–Crippen MR) is 45.8 cm³/mol. The van der Waals surface area contributed by atoms with Crippen LogP contribution in [0.15, 0.2) is 0 Å². The van der Waals surface area contributed by atoms with Crippen molar-refractivity contribution in [3.05, 3.63) is 0 Å². The summed E-state index contributed by atoms with van der Waals surface area (Å²) < 4.78 is 51.3. The van der Waals surface area contributed by atoms with Gasteiger partial charge >= 0.3 is 6.18 Å². The van der Waals surface area contributed by atoms with Crippen LogP contribution in [0.5, 0.6) is 0 Å². The van der Waals surface area contributed by atoms with E-state index in [2.05, 4.69) is 5.32 Å². The standard InChI is InChI=1S/C9H15F4N/c1-14-6-7-4-2-3-5-8(7,10)9(11,12)13/h7,14H,2-6H2,1H3. The van der Waals surface area contributed by atoms with Crippen molar-refractivity contribution in [3.63, 3.8) is 0 Å². The normalized spacial score (nSPS) is 34.5. The van der Waals surface area contributed by atoms with E-state index in [0.29, 0.717) is 19.3 Å². The second-order valence-corrected chi connectivity index (χ2v) is 3.86. The molecule has 0 aromatic heterocycles. The van der Waals surface area contributed by atoms with E-state index in [1.54, 1.807) is 7.05 Å². The lowest BCUT2D eigenvalue weighted by atomic mass is 9.76. The number of hydrogen-bond acceptors (Lipinski definition) is 1. The summed E-state index contributed by atoms with van der Waals surface area (Å²) in [4.78, 5) is 0. The van der Waals surface area contributed by atoms with Gasteiger partial charge in [0.1, 0.15) is 0 Å². The molecule has 1 saturated carbocycles. The van der Waals surface area contributed by atoms with Gasteiger partial charge in [-0.05, 0) is 26.3 Å². The highest BCUT2D eigenvalue weighted by Crippen LogP contribution is 2.47. The average molecular weight is 213 g/mol. The molecule has 2 unspecified atom stereocenters. The van der Waals surface area contributed by atoms with Crippen molar-refractivity contribution >= 4 is 0 Å². The molecule has 0 heterocycles. The summed E-state index contributed by atoms with van der Waals surface area (Å²) in [5, 5.41) is 2.62. The van der Waals surface area contributed by atoms with Crippen molar-refractivity contribution in [2.45, 2.75) is 37.5 Å². The fourth-order valence-electron chi connectivity index (χ4n) is 2.09. The van der Waals surface area contributed by atoms with Gasteiger partial charge in [-0.2, -0.15) is 13.2 Å². The van der Waals surface area contributed by atoms with Gasteiger partial charge in [-0.15, -0.1) is 0 Å². The average Bonchev–Trinajstić information content (AvgIpc) is 2.07. The first-order valence-electron chi connectivity index (χ1n) is 4.82. The Morgan fingerprint density at radius 2 is 2.00 bits per heavy atom. The van der Waals surface area contributed by atoms with Crippen LogP contribution < -0.4 is 5.32 Å². The number of rotatable bonds is 2. The molecule has 1 fully saturated rings. The van der Waals surface area contributed by atoms with E-state index in [9.17, 15) is 17.6 Å². The van der Waals surface area contributed by atoms with Crippen molar-refractivity contribution in [1.29, 1.82) is 0 Å². The fourth-order valence-corrected chi connectivity index (χ4v) is 2.09. The van der Waals surface area contributed by atoms with Crippen LogP contribution in [0.2, 0.25) is 0 Å². The molecule has 0 amide bonds. The van der Waals surface area contributed by atoms with Gasteiger partial charge in [0.05, 0.1) is 0 Å². The molecule has 84 valence electrons. The summed E-state index contributed by atoms with van der Waals surface area (Å²) in [5.74, 6) is -0.929. The quantitative estimate of drug-likeness (QED) is 0.695. The molecule has 0 aliphatic heterocycles. The van der Waals surface area contributed by atoms with E-state index < -0.39 is 17.8 Å². The Labute approximate surface area is 80.9 Å². The lowest BCUT2D eigenvalue weighted by molar-refractivity contribution is -0.256. The van der Waals surface area contributed by atoms with E-state index in [0.717, 1.165) is 0 Å². The van der Waals surface area contributed by atoms with Crippen molar-refractivity contribution in [3.8, 4) is 0 Å². The molecule has 1 aliphatic carbocycles. The summed E-state index contributed by atoms with van der Waals surface area (Å²) in [7, 11) is 1.55. The zero-order valence-electron chi connectivity index (χ0n) is 8.12. The maximum atomic E-state index is 13.8. The zero-order valence-corrected chi connectivity index (χ0v) is 8.12. The van der Waals surface area contributed by atoms with Gasteiger partial charge in [-0.25, -0.2) is 4.39 Å². The zero-order chi connectivity index (χ0) is 10.8. The molecule has 0 radical (unpaired) electrons. The molecular formula is C9H15F4N. The molecule has 5 heteroatoms. The molecule has 0 spiro atoms. The van der Waals surface area contributed by atoms with Gasteiger partial charge in [-0.3, -0.25) is 0 Å². The minimum absolute atomic E-state index is 0.0933. The lowest BCUT2D eigenvalue weighted by Gasteiger charge is -2.38. The highest BCUT2D eigenvalue weighted by Gasteiger charge is 2.60. The van der Waals surface area contributed by atoms with Gasteiger partial charge in [0.2, 0.25) is 5.67 Å². The van der Waals surface area contributed by atoms with Crippen LogP contribution >= 0.6 is 0 Å². The third kappa shape index (κ3) is 2.02. The summed E-state index contributed by atoms with van der Waals surface area (Å²) in [5.41, 5.74) is -2.98. The van der Waals surface area contributed by atoms with Gasteiger partial charge in [0.25, 0.3) is 0 Å². The molecule has 14 heavy (non-hydrogen) atoms. The third-order valence-electron chi connectivity index (χ3n) is 2.91. The van der Waals surface area contributed by atoms with Crippen LogP contribution in [0.25, 0.3) is 0 Å². The number of nitrogens with one attached hydrogen (secondary N) is 1. The van der Waals surface area contributed by atoms with Crippen LogP contribution in [-0.2, 0) is 0 Å². The molecule has 0 aromatic rings. The SMILES string of the molecule is CNCC1CCCCC1(F)C(F)(F)F. The largest absolute Gasteiger partial charge is 0.422 e. The van der Waals surface area contributed by atoms with Crippen LogP contribution in [0.4, 0.5) is 17.6 Å². The summed E-state index contributed by atoms with van der Waals surface area (Å²) in [6.07, 6.45) is -3.78. The molecular weight excluding hydrogens is 198 g/mol. The van der Waals surface area contributed by atoms with E-state index in [1.165, 1.54) is 0 Å². The van der Waals surface area contributed by atoms with Gasteiger partial charge < -0.3 is 5.32 Å². The minimum Gasteiger partial charge on any atom is -0.319 e. The highest BCUT2D eigenvalue weighted by molar-refractivity contribution is 4.96. The number of alkyl halides is 4. The maximum absolute atomic E-state index is 13.8. The number of hydrogen-bond donors (Lipinski definition) is 1. The molecule has 1 aliphatic rings. The minimum atomic E-state index is -4.73. The molecule has 1 nitrogen and oxygen atoms in total. The van der Waals surface area contributed by atoms with Crippen molar-refractivity contribution < 1.29 is 17.6 Å². The fraction of sp³-hybridized carbons (Fsp3) is 1.00. The van der Waals surface area contributed by atoms with Gasteiger partial charge in [-0.1, -0.05) is 6.42 Å². The predicted octanol–water partition coefficient (Wildman–Crippen LogP) is 2.67. The Hall–Kier alpha value is -0.320. The highest BCUT2D eigenvalue weighted by atomic mass is 19.4. The number of halogens is 4. The monoisotopic (exact) mass is 213 g/mol. The Kier molecular flexibility index (Phi) is 3.40. The van der Waals surface area contributed by atoms with Gasteiger partial charge in [0.15, 0.2) is 0 Å². The smallest absolute Gasteiger partial charge is 0.319 e. The summed E-state index contributed by atoms with van der Waals surface area (Å²) >= 11 is 0. The Morgan fingerprint density at radius 3 is 2.50 bits per heavy atom. The van der Waals surface area contributed by atoms with Crippen molar-refractivity contribution in [2.24, 2.45) is 5.92 Å². The van der Waals surface area contributed by atoms with Crippen LogP contribution in [0, 0.1) is 5.92 Å². The molecule has 1 N–H and O–H groups in total. The maximum Gasteiger partial charge on any atom is 0.422 e. The summed E-state index contributed by atoms with van der Waals surface area (Å²) in [6.45, 7) is 0.0933. The van der Waals surface area contributed by atoms with E-state index >= 15 is 0 Å². The lowest BCUT2D eigenvalue weighted by Crippen LogP contribution is -2.52. The third-order valence-corrected chi connectivity index (χ3v) is 2.91. The van der Waals surface area contributed by atoms with Crippen LogP contribution in [0.3, 0.4) is 0 Å². The first kappa shape index (κ1) is 11.8. The Balaban J connectivity index is 2.79. The first-order chi connectivity index (χ1) is 6.42. The first-order valence-corrected chi connectivity index (χ1v) is 4.82. The van der Waals surface area contributed by atoms with Crippen molar-refractivity contribution in [2.75, 3.05) is 13.6 Å².